The lowest BCUT2D eigenvalue weighted by molar-refractivity contribution is -0.114. The minimum Gasteiger partial charge on any atom is -0.470 e. The molecule has 3 rings (SSSR count). The molecule has 0 spiro atoms. The second-order valence-electron chi connectivity index (χ2n) is 7.61. The number of rotatable bonds is 8. The van der Waals surface area contributed by atoms with Crippen molar-refractivity contribution in [3.8, 4) is 17.7 Å². The number of nitrogens with two attached hydrogens (primary N) is 1. The molecule has 0 unspecified atom stereocenters. The van der Waals surface area contributed by atoms with E-state index in [2.05, 4.69) is 38.7 Å². The average molecular weight is 438 g/mol. The number of pyridine rings is 1. The molecule has 0 saturated heterocycles. The number of aromatic nitrogens is 3. The summed E-state index contributed by atoms with van der Waals surface area (Å²) < 4.78 is 6.14. The monoisotopic (exact) mass is 437 g/mol. The Bertz CT molecular complexity index is 1170. The number of nitrogens with one attached hydrogen (secondary N) is 1. The van der Waals surface area contributed by atoms with Crippen LogP contribution in [0.3, 0.4) is 0 Å². The van der Waals surface area contributed by atoms with E-state index >= 15 is 0 Å². The molecule has 8 heteroatoms. The molecule has 31 heavy (non-hydrogen) atoms. The van der Waals surface area contributed by atoms with Crippen molar-refractivity contribution in [3.05, 3.63) is 52.7 Å². The number of carbonyl (C=O) groups is 1. The number of hydrogen-bond acceptors (Lipinski definition) is 6. The number of allylic oxidation sites excluding steroid dienone is 2. The number of fused-ring (bicyclic) bond motifs is 1. The second kappa shape index (κ2) is 9.19. The quantitative estimate of drug-likeness (QED) is 0.369. The number of carbonyl (C=O) groups excluding carboxylic acids is 1. The summed E-state index contributed by atoms with van der Waals surface area (Å²) in [4.78, 5) is 24.7. The fraction of sp³-hybridized carbons (Fsp3) is 0.304. The molecule has 0 radical (unpaired) electrons. The predicted octanol–water partition coefficient (Wildman–Crippen LogP) is 3.85. The molecule has 1 fully saturated rings. The van der Waals surface area contributed by atoms with Gasteiger partial charge >= 0.3 is 0 Å². The summed E-state index contributed by atoms with van der Waals surface area (Å²) >= 11 is 6.14. The Morgan fingerprint density at radius 3 is 2.74 bits per heavy atom. The molecule has 2 aromatic rings. The molecular weight excluding hydrogens is 414 g/mol. The van der Waals surface area contributed by atoms with Gasteiger partial charge in [-0.3, -0.25) is 4.79 Å². The average Bonchev–Trinajstić information content (AvgIpc) is 3.43. The summed E-state index contributed by atoms with van der Waals surface area (Å²) in [6.45, 7) is 9.69. The minimum absolute atomic E-state index is 0.134. The number of primary amides is 1. The van der Waals surface area contributed by atoms with Crippen LogP contribution in [0.4, 0.5) is 5.95 Å². The first-order valence-electron chi connectivity index (χ1n) is 9.76. The number of nitrogens with zero attached hydrogens (tertiary/aromatic N) is 3. The van der Waals surface area contributed by atoms with Crippen molar-refractivity contribution >= 4 is 34.5 Å². The van der Waals surface area contributed by atoms with E-state index in [9.17, 15) is 4.79 Å². The molecule has 0 bridgehead atoms. The van der Waals surface area contributed by atoms with Crippen molar-refractivity contribution in [3.63, 3.8) is 0 Å². The summed E-state index contributed by atoms with van der Waals surface area (Å²) in [6, 6.07) is 3.67. The van der Waals surface area contributed by atoms with Crippen LogP contribution in [0.5, 0.6) is 5.88 Å². The van der Waals surface area contributed by atoms with Crippen molar-refractivity contribution in [2.45, 2.75) is 39.2 Å². The molecule has 3 N–H and O–H groups in total. The van der Waals surface area contributed by atoms with Gasteiger partial charge in [0.05, 0.1) is 5.52 Å². The van der Waals surface area contributed by atoms with Gasteiger partial charge in [0.2, 0.25) is 17.7 Å². The molecule has 2 aromatic heterocycles. The Labute approximate surface area is 186 Å². The smallest absolute Gasteiger partial charge is 0.248 e. The van der Waals surface area contributed by atoms with E-state index in [4.69, 9.17) is 22.1 Å². The lowest BCUT2D eigenvalue weighted by Gasteiger charge is -2.15. The van der Waals surface area contributed by atoms with Gasteiger partial charge in [-0.2, -0.15) is 4.98 Å². The number of anilines is 1. The Kier molecular flexibility index (Phi) is 6.62. The summed E-state index contributed by atoms with van der Waals surface area (Å²) in [5.74, 6) is 6.03. The van der Waals surface area contributed by atoms with Crippen LogP contribution in [0.1, 0.15) is 39.3 Å². The highest BCUT2D eigenvalue weighted by Crippen LogP contribution is 2.40. The van der Waals surface area contributed by atoms with E-state index in [1.54, 1.807) is 13.0 Å². The zero-order valence-electron chi connectivity index (χ0n) is 17.8. The third-order valence-electron chi connectivity index (χ3n) is 4.60. The molecule has 0 aliphatic heterocycles. The fourth-order valence-electron chi connectivity index (χ4n) is 2.63. The number of halogens is 1. The largest absolute Gasteiger partial charge is 0.470 e. The van der Waals surface area contributed by atoms with Crippen LogP contribution in [-0.4, -0.2) is 33.0 Å². The van der Waals surface area contributed by atoms with E-state index in [0.717, 1.165) is 18.4 Å². The van der Waals surface area contributed by atoms with Gasteiger partial charge in [0, 0.05) is 17.2 Å². The van der Waals surface area contributed by atoms with E-state index in [1.807, 2.05) is 26.0 Å². The second-order valence-corrected chi connectivity index (χ2v) is 8.04. The van der Waals surface area contributed by atoms with Crippen LogP contribution >= 0.6 is 11.6 Å². The Hall–Kier alpha value is -3.37. The van der Waals surface area contributed by atoms with Gasteiger partial charge in [-0.05, 0) is 63.8 Å². The Morgan fingerprint density at radius 2 is 2.10 bits per heavy atom. The van der Waals surface area contributed by atoms with Crippen LogP contribution in [0.15, 0.2) is 47.0 Å². The normalized spacial score (nSPS) is 15.1. The number of ether oxygens (including phenoxy) is 1. The van der Waals surface area contributed by atoms with E-state index in [-0.39, 0.29) is 11.2 Å². The first-order valence-corrected chi connectivity index (χ1v) is 10.1. The maximum Gasteiger partial charge on any atom is 0.248 e. The highest BCUT2D eigenvalue weighted by Gasteiger charge is 2.41. The van der Waals surface area contributed by atoms with Gasteiger partial charge in [-0.25, -0.2) is 9.97 Å². The highest BCUT2D eigenvalue weighted by molar-refractivity contribution is 6.31. The van der Waals surface area contributed by atoms with Gasteiger partial charge in [0.25, 0.3) is 0 Å². The van der Waals surface area contributed by atoms with Crippen LogP contribution in [0, 0.1) is 11.8 Å². The van der Waals surface area contributed by atoms with Crippen molar-refractivity contribution in [2.75, 3.05) is 11.9 Å². The summed E-state index contributed by atoms with van der Waals surface area (Å²) in [6.07, 6.45) is 5.08. The van der Waals surface area contributed by atoms with Gasteiger partial charge in [-0.15, -0.1) is 0 Å². The Morgan fingerprint density at radius 1 is 1.35 bits per heavy atom. The molecule has 160 valence electrons. The van der Waals surface area contributed by atoms with Gasteiger partial charge in [0.15, 0.2) is 5.52 Å². The maximum absolute atomic E-state index is 11.1. The molecule has 0 aromatic carbocycles. The van der Waals surface area contributed by atoms with Crippen molar-refractivity contribution in [1.82, 2.24) is 15.0 Å². The fourth-order valence-corrected chi connectivity index (χ4v) is 2.95. The van der Waals surface area contributed by atoms with Crippen molar-refractivity contribution < 1.29 is 9.53 Å². The molecular formula is C23H24ClN5O2. The summed E-state index contributed by atoms with van der Waals surface area (Å²) in [5.41, 5.74) is 7.87. The molecule has 2 heterocycles. The zero-order chi connectivity index (χ0) is 22.6. The van der Waals surface area contributed by atoms with E-state index in [1.165, 1.54) is 6.08 Å². The molecule has 1 saturated carbocycles. The standard InChI is InChI=1S/C23H24ClN5O2/c1-5-6-17-7-8-18-19(27-17)21(31-23(4)9-10-23)29-22(28-18)26-13-14(2)11-16(24)12-15(3)20(25)30/h7-8,11-12H,3,9-10,13H2,1-2,4H3,(H2,25,30)(H,26,28,29). The first kappa shape index (κ1) is 22.3. The third-order valence-corrected chi connectivity index (χ3v) is 4.82. The summed E-state index contributed by atoms with van der Waals surface area (Å²) in [7, 11) is 0. The molecule has 1 aliphatic rings. The maximum atomic E-state index is 11.1. The van der Waals surface area contributed by atoms with Gasteiger partial charge in [-0.1, -0.05) is 29.7 Å². The van der Waals surface area contributed by atoms with Crippen molar-refractivity contribution in [2.24, 2.45) is 5.73 Å². The van der Waals surface area contributed by atoms with Crippen LogP contribution in [-0.2, 0) is 4.79 Å². The Balaban J connectivity index is 1.84. The number of hydrogen-bond donors (Lipinski definition) is 2. The highest BCUT2D eigenvalue weighted by atomic mass is 35.5. The minimum atomic E-state index is -0.620. The zero-order valence-corrected chi connectivity index (χ0v) is 18.5. The van der Waals surface area contributed by atoms with Gasteiger partial charge in [0.1, 0.15) is 11.3 Å². The molecule has 1 amide bonds. The summed E-state index contributed by atoms with van der Waals surface area (Å²) in [5, 5.41) is 3.53. The first-order chi connectivity index (χ1) is 14.7. The molecule has 1 aliphatic carbocycles. The van der Waals surface area contributed by atoms with E-state index in [0.29, 0.717) is 40.1 Å². The SMILES string of the molecule is C=C(C=C(Cl)C=C(C)CNc1nc(OC2(C)CC2)c2nc(C#CC)ccc2n1)C(N)=O. The predicted molar refractivity (Wildman–Crippen MR) is 123 cm³/mol. The lowest BCUT2D eigenvalue weighted by Crippen LogP contribution is -2.15. The van der Waals surface area contributed by atoms with Crippen LogP contribution in [0.25, 0.3) is 11.0 Å². The topological polar surface area (TPSA) is 103 Å². The third kappa shape index (κ3) is 6.06. The molecule has 7 nitrogen and oxygen atoms in total. The lowest BCUT2D eigenvalue weighted by atomic mass is 10.2. The molecule has 0 atom stereocenters. The number of amides is 1. The van der Waals surface area contributed by atoms with Crippen molar-refractivity contribution in [1.29, 1.82) is 0 Å². The van der Waals surface area contributed by atoms with E-state index < -0.39 is 5.91 Å². The van der Waals surface area contributed by atoms with Crippen LogP contribution in [0.2, 0.25) is 0 Å². The van der Waals surface area contributed by atoms with Gasteiger partial charge < -0.3 is 15.8 Å². The van der Waals surface area contributed by atoms with Crippen LogP contribution < -0.4 is 15.8 Å².